The minimum Gasteiger partial charge on any atom is -0.349 e. The van der Waals surface area contributed by atoms with E-state index in [0.717, 1.165) is 170 Å². The molecule has 0 bridgehead atoms. The number of benzene rings is 9. The highest BCUT2D eigenvalue weighted by Gasteiger charge is 2.26. The van der Waals surface area contributed by atoms with Crippen molar-refractivity contribution in [3.8, 4) is 22.3 Å². The third-order valence-electron chi connectivity index (χ3n) is 26.3. The van der Waals surface area contributed by atoms with E-state index in [1.807, 2.05) is 36.4 Å². The maximum absolute atomic E-state index is 13.2. The molecule has 0 spiro atoms. The Kier molecular flexibility index (Phi) is 54.2. The molecule has 12 heteroatoms. The number of rotatable bonds is 48. The smallest absolute Gasteiger partial charge is 0.251 e. The molecule has 11 rings (SSSR count). The SMILES string of the molecule is CC(C)Cc1cccc(-c2cccc(C(=O)N[C@H](CC(C)C)CN3CCCCCC3)c2)c1.CC(C)Cc1cccc(-c2cccc(C(=O)N[C@H](CCN(C)C)CC(C)C)c2)c1.CC(C)Cc1cccc(CN(C(C)C)[C@@H](Cc2ccccc2)CN(C)C)c1.CC(C)Cc1cccc(CN(CCN(C)C)CC2CCCCC2)c1.CCc1ccccc1CN(CCN(C)C)Cc1cccc(CC(C)C)c1. The van der Waals surface area contributed by atoms with Crippen LogP contribution in [0.4, 0.5) is 0 Å². The van der Waals surface area contributed by atoms with Crippen LogP contribution in [0, 0.1) is 47.3 Å². The molecule has 1 aliphatic carbocycles. The monoisotopic (exact) mass is 1880 g/mol. The first-order chi connectivity index (χ1) is 66.0. The fourth-order valence-corrected chi connectivity index (χ4v) is 19.7. The van der Waals surface area contributed by atoms with Crippen molar-refractivity contribution < 1.29 is 9.59 Å². The van der Waals surface area contributed by atoms with Gasteiger partial charge in [-0.1, -0.05) is 336 Å². The van der Waals surface area contributed by atoms with Crippen molar-refractivity contribution in [1.82, 2.24) is 49.8 Å². The van der Waals surface area contributed by atoms with Gasteiger partial charge in [-0.25, -0.2) is 0 Å². The van der Waals surface area contributed by atoms with Crippen molar-refractivity contribution in [3.63, 3.8) is 0 Å². The number of amides is 2. The molecule has 1 aliphatic heterocycles. The van der Waals surface area contributed by atoms with Crippen molar-refractivity contribution in [1.29, 1.82) is 0 Å². The second-order valence-corrected chi connectivity index (χ2v) is 45.0. The zero-order chi connectivity index (χ0) is 100. The number of carbonyl (C=O) groups is 2. The molecular formula is C126H192N10O2. The van der Waals surface area contributed by atoms with Crippen LogP contribution < -0.4 is 10.6 Å². The first-order valence-corrected chi connectivity index (χ1v) is 53.9. The van der Waals surface area contributed by atoms with Gasteiger partial charge in [-0.05, 0) is 335 Å². The van der Waals surface area contributed by atoms with Crippen LogP contribution in [0.2, 0.25) is 0 Å². The lowest BCUT2D eigenvalue weighted by Crippen LogP contribution is -2.46. The van der Waals surface area contributed by atoms with Gasteiger partial charge in [-0.15, -0.1) is 0 Å². The molecule has 0 unspecified atom stereocenters. The summed E-state index contributed by atoms with van der Waals surface area (Å²) in [5.41, 5.74) is 21.8. The van der Waals surface area contributed by atoms with Gasteiger partial charge in [0.25, 0.3) is 11.8 Å². The van der Waals surface area contributed by atoms with E-state index in [-0.39, 0.29) is 23.9 Å². The van der Waals surface area contributed by atoms with Crippen molar-refractivity contribution in [2.75, 3.05) is 122 Å². The van der Waals surface area contributed by atoms with Crippen LogP contribution in [0.3, 0.4) is 0 Å². The molecule has 2 aliphatic rings. The highest BCUT2D eigenvalue weighted by molar-refractivity contribution is 5.96. The first-order valence-electron chi connectivity index (χ1n) is 53.9. The number of nitrogens with zero attached hydrogens (tertiary/aromatic N) is 8. The molecule has 138 heavy (non-hydrogen) atoms. The molecular weight excluding hydrogens is 1690 g/mol. The molecule has 2 amide bonds. The Balaban J connectivity index is 0.000000236. The van der Waals surface area contributed by atoms with Gasteiger partial charge in [0, 0.05) is 107 Å². The second-order valence-electron chi connectivity index (χ2n) is 45.0. The van der Waals surface area contributed by atoms with E-state index in [1.54, 1.807) is 0 Å². The summed E-state index contributed by atoms with van der Waals surface area (Å²) in [6, 6.07) is 82.3. The average Bonchev–Trinajstić information content (AvgIpc) is 1.56. The lowest BCUT2D eigenvalue weighted by Gasteiger charge is -2.37. The van der Waals surface area contributed by atoms with Crippen LogP contribution in [0.25, 0.3) is 22.3 Å². The highest BCUT2D eigenvalue weighted by atomic mass is 16.2. The van der Waals surface area contributed by atoms with Crippen LogP contribution in [0.1, 0.15) is 277 Å². The third-order valence-corrected chi connectivity index (χ3v) is 26.3. The van der Waals surface area contributed by atoms with Gasteiger partial charge in [0.15, 0.2) is 0 Å². The predicted molar refractivity (Wildman–Crippen MR) is 597 cm³/mol. The van der Waals surface area contributed by atoms with E-state index in [1.165, 1.54) is 150 Å². The highest BCUT2D eigenvalue weighted by Crippen LogP contribution is 2.30. The van der Waals surface area contributed by atoms with Crippen LogP contribution in [0.5, 0.6) is 0 Å². The average molecular weight is 1880 g/mol. The lowest BCUT2D eigenvalue weighted by molar-refractivity contribution is 0.0913. The van der Waals surface area contributed by atoms with E-state index in [9.17, 15) is 9.59 Å². The van der Waals surface area contributed by atoms with Crippen molar-refractivity contribution in [2.45, 2.75) is 290 Å². The van der Waals surface area contributed by atoms with Crippen molar-refractivity contribution in [3.05, 3.63) is 297 Å². The van der Waals surface area contributed by atoms with E-state index in [0.29, 0.717) is 47.6 Å². The van der Waals surface area contributed by atoms with Gasteiger partial charge < -0.3 is 35.1 Å². The molecule has 1 saturated heterocycles. The molecule has 1 heterocycles. The second kappa shape index (κ2) is 64.2. The topological polar surface area (TPSA) is 84.1 Å². The summed E-state index contributed by atoms with van der Waals surface area (Å²) >= 11 is 0. The standard InChI is InChI=1S/C29H42N2O.C26H38N2O.C25H38N2.C24H36N2.C22H38N2/c1-22(2)17-24-11-9-12-25(19-24)26-13-10-14-27(20-26)29(32)30-28(18-23(3)4)21-31-15-7-5-6-8-16-31;1-19(2)15-21-9-7-10-22(17-21)23-11-8-12-24(18-23)26(29)27-25(16-20(3)4)13-14-28(5)6;1-20(2)15-23-13-10-14-24(16-23)18-27(21(3)4)25(19-26(5)6)17-22-11-8-7-9-12-22;1-6-23-12-7-8-13-24(23)19-26(15-14-25(4)5)18-22-11-9-10-21(17-22)16-20(2)3;1-19(2)15-21-11-8-12-22(16-21)18-24(14-13-23(3)4)17-20-9-6-5-7-10-20/h9-14,19-20,22-23,28H,5-8,15-18,21H2,1-4H3,(H,30,32);7-12,17-20,25H,13-16H2,1-6H3,(H,27,29);7-14,16,20-21,25H,15,17-19H2,1-6H3;7-13,17,20H,6,14-16,18-19H2,1-5H3;8,11-12,16,19-20H,5-7,9-10,13-15,17-18H2,1-4H3/t28-;2*25-;;/m110../s1. The minimum atomic E-state index is 0.0228. The summed E-state index contributed by atoms with van der Waals surface area (Å²) in [4.78, 5) is 45.7. The molecule has 2 N–H and O–H groups in total. The zero-order valence-electron chi connectivity index (χ0n) is 91.5. The summed E-state index contributed by atoms with van der Waals surface area (Å²) in [7, 11) is 17.2. The largest absolute Gasteiger partial charge is 0.349 e. The Morgan fingerprint density at radius 1 is 0.333 bits per heavy atom. The molecule has 9 aromatic rings. The Bertz CT molecular complexity index is 4800. The molecule has 2 fully saturated rings. The quantitative estimate of drug-likeness (QED) is 0.0385. The summed E-state index contributed by atoms with van der Waals surface area (Å²) in [5, 5.41) is 6.64. The molecule has 1 saturated carbocycles. The van der Waals surface area contributed by atoms with Crippen LogP contribution in [-0.4, -0.2) is 197 Å². The van der Waals surface area contributed by atoms with Crippen LogP contribution in [0.15, 0.2) is 224 Å². The van der Waals surface area contributed by atoms with Crippen LogP contribution >= 0.6 is 0 Å². The van der Waals surface area contributed by atoms with Gasteiger partial charge in [0.05, 0.1) is 0 Å². The number of likely N-dealkylation sites (N-methyl/N-ethyl adjacent to an activating group) is 3. The van der Waals surface area contributed by atoms with Gasteiger partial charge in [0.2, 0.25) is 0 Å². The molecule has 12 nitrogen and oxygen atoms in total. The van der Waals surface area contributed by atoms with E-state index in [4.69, 9.17) is 0 Å². The summed E-state index contributed by atoms with van der Waals surface area (Å²) in [5.74, 6) is 5.48. The van der Waals surface area contributed by atoms with Gasteiger partial charge >= 0.3 is 0 Å². The number of aryl methyl sites for hydroxylation is 1. The maximum atomic E-state index is 13.2. The number of likely N-dealkylation sites (tertiary alicyclic amines) is 1. The Morgan fingerprint density at radius 3 is 1.13 bits per heavy atom. The number of carbonyl (C=O) groups excluding carboxylic acids is 2. The van der Waals surface area contributed by atoms with Gasteiger partial charge in [-0.2, -0.15) is 0 Å². The van der Waals surface area contributed by atoms with E-state index in [2.05, 4.69) is 412 Å². The molecule has 0 aromatic heterocycles. The Labute approximate surface area is 844 Å². The molecule has 758 valence electrons. The molecule has 9 aromatic carbocycles. The zero-order valence-corrected chi connectivity index (χ0v) is 91.5. The number of hydrogen-bond acceptors (Lipinski definition) is 10. The van der Waals surface area contributed by atoms with E-state index < -0.39 is 0 Å². The van der Waals surface area contributed by atoms with E-state index >= 15 is 0 Å². The lowest BCUT2D eigenvalue weighted by atomic mass is 9.89. The summed E-state index contributed by atoms with van der Waals surface area (Å²) in [6.45, 7) is 53.8. The molecule has 3 atom stereocenters. The Morgan fingerprint density at radius 2 is 0.703 bits per heavy atom. The van der Waals surface area contributed by atoms with Gasteiger partial charge in [-0.3, -0.25) is 24.3 Å². The van der Waals surface area contributed by atoms with Crippen molar-refractivity contribution in [2.24, 2.45) is 47.3 Å². The molecule has 0 radical (unpaired) electrons. The predicted octanol–water partition coefficient (Wildman–Crippen LogP) is 27.3. The summed E-state index contributed by atoms with van der Waals surface area (Å²) in [6.07, 6.45) is 23.2. The fraction of sp³-hybridized carbons (Fsp3) is 0.556. The van der Waals surface area contributed by atoms with Crippen molar-refractivity contribution >= 4 is 11.8 Å². The van der Waals surface area contributed by atoms with Crippen LogP contribution in [-0.2, 0) is 71.1 Å². The Hall–Kier alpha value is -8.40. The third kappa shape index (κ3) is 47.9. The fourth-order valence-electron chi connectivity index (χ4n) is 19.7. The number of nitrogens with one attached hydrogen (secondary N) is 2. The maximum Gasteiger partial charge on any atom is 0.251 e. The van der Waals surface area contributed by atoms with Gasteiger partial charge in [0.1, 0.15) is 0 Å². The normalized spacial score (nSPS) is 14.0. The first kappa shape index (κ1) is 117. The number of hydrogen-bond donors (Lipinski definition) is 2. The summed E-state index contributed by atoms with van der Waals surface area (Å²) < 4.78 is 0. The minimum absolute atomic E-state index is 0.0228.